The van der Waals surface area contributed by atoms with Gasteiger partial charge in [-0.3, -0.25) is 0 Å². The first-order valence-corrected chi connectivity index (χ1v) is 6.65. The van der Waals surface area contributed by atoms with Gasteiger partial charge in [0.25, 0.3) is 0 Å². The van der Waals surface area contributed by atoms with Gasteiger partial charge in [0, 0.05) is 4.47 Å². The van der Waals surface area contributed by atoms with Crippen molar-refractivity contribution in [3.8, 4) is 0 Å². The number of benzene rings is 2. The molecule has 0 aliphatic carbocycles. The van der Waals surface area contributed by atoms with Crippen molar-refractivity contribution in [2.75, 3.05) is 6.54 Å². The molecule has 0 saturated heterocycles. The van der Waals surface area contributed by atoms with Crippen molar-refractivity contribution in [2.45, 2.75) is 6.10 Å². The zero-order valence-electron chi connectivity index (χ0n) is 9.71. The zero-order valence-corrected chi connectivity index (χ0v) is 11.3. The molecule has 0 bridgehead atoms. The predicted octanol–water partition coefficient (Wildman–Crippen LogP) is 3.97. The molecule has 1 aliphatic heterocycles. The van der Waals surface area contributed by atoms with Crippen LogP contribution in [0.4, 0.5) is 0 Å². The Bertz CT molecular complexity index is 580. The first-order chi connectivity index (χ1) is 8.84. The summed E-state index contributed by atoms with van der Waals surface area (Å²) in [6.45, 7) is 0.681. The summed E-state index contributed by atoms with van der Waals surface area (Å²) < 4.78 is 6.95. The Morgan fingerprint density at radius 3 is 2.50 bits per heavy atom. The maximum Gasteiger partial charge on any atom is 0.218 e. The molecule has 0 aromatic heterocycles. The summed E-state index contributed by atoms with van der Waals surface area (Å²) in [5, 5.41) is 0. The van der Waals surface area contributed by atoms with E-state index in [1.807, 2.05) is 42.5 Å². The van der Waals surface area contributed by atoms with E-state index in [9.17, 15) is 0 Å². The van der Waals surface area contributed by atoms with Crippen LogP contribution < -0.4 is 0 Å². The van der Waals surface area contributed by atoms with Gasteiger partial charge in [-0.15, -0.1) is 0 Å². The van der Waals surface area contributed by atoms with Crippen molar-refractivity contribution in [3.63, 3.8) is 0 Å². The van der Waals surface area contributed by atoms with Crippen LogP contribution in [0.1, 0.15) is 17.2 Å². The summed E-state index contributed by atoms with van der Waals surface area (Å²) >= 11 is 3.52. The van der Waals surface area contributed by atoms with Crippen LogP contribution in [-0.4, -0.2) is 12.4 Å². The minimum absolute atomic E-state index is 0.0355. The second-order valence-corrected chi connectivity index (χ2v) is 5.00. The second kappa shape index (κ2) is 4.94. The van der Waals surface area contributed by atoms with Gasteiger partial charge >= 0.3 is 0 Å². The molecule has 1 unspecified atom stereocenters. The number of ether oxygens (including phenoxy) is 1. The minimum Gasteiger partial charge on any atom is -0.467 e. The lowest BCUT2D eigenvalue weighted by Gasteiger charge is -2.12. The quantitative estimate of drug-likeness (QED) is 0.822. The van der Waals surface area contributed by atoms with E-state index < -0.39 is 0 Å². The Kier molecular flexibility index (Phi) is 3.15. The predicted molar refractivity (Wildman–Crippen MR) is 75.8 cm³/mol. The summed E-state index contributed by atoms with van der Waals surface area (Å²) in [6, 6.07) is 18.2. The SMILES string of the molecule is Brc1ccccc1C1=NCC(c2ccccc2)O1. The topological polar surface area (TPSA) is 21.6 Å². The molecule has 0 radical (unpaired) electrons. The van der Waals surface area contributed by atoms with E-state index in [0.29, 0.717) is 6.54 Å². The van der Waals surface area contributed by atoms with Crippen LogP contribution in [0, 0.1) is 0 Å². The smallest absolute Gasteiger partial charge is 0.218 e. The van der Waals surface area contributed by atoms with E-state index in [0.717, 1.165) is 15.9 Å². The molecule has 2 aromatic carbocycles. The number of aliphatic imine (C=N–C) groups is 1. The van der Waals surface area contributed by atoms with Crippen LogP contribution in [0.5, 0.6) is 0 Å². The molecular formula is C15H12BrNO. The summed E-state index contributed by atoms with van der Waals surface area (Å²) in [5.74, 6) is 0.719. The van der Waals surface area contributed by atoms with Crippen LogP contribution in [0.25, 0.3) is 0 Å². The van der Waals surface area contributed by atoms with E-state index >= 15 is 0 Å². The van der Waals surface area contributed by atoms with Crippen molar-refractivity contribution in [3.05, 3.63) is 70.2 Å². The van der Waals surface area contributed by atoms with Gasteiger partial charge < -0.3 is 4.74 Å². The van der Waals surface area contributed by atoms with Crippen molar-refractivity contribution in [2.24, 2.45) is 4.99 Å². The molecule has 0 amide bonds. The van der Waals surface area contributed by atoms with Gasteiger partial charge in [0.15, 0.2) is 0 Å². The highest BCUT2D eigenvalue weighted by Gasteiger charge is 2.23. The first-order valence-electron chi connectivity index (χ1n) is 5.85. The lowest BCUT2D eigenvalue weighted by molar-refractivity contribution is 0.230. The Hall–Kier alpha value is -1.61. The Labute approximate surface area is 114 Å². The van der Waals surface area contributed by atoms with Crippen molar-refractivity contribution >= 4 is 21.8 Å². The first kappa shape index (κ1) is 11.5. The van der Waals surface area contributed by atoms with Gasteiger partial charge in [-0.2, -0.15) is 0 Å². The van der Waals surface area contributed by atoms with Crippen LogP contribution in [0.2, 0.25) is 0 Å². The third kappa shape index (κ3) is 2.18. The van der Waals surface area contributed by atoms with E-state index in [4.69, 9.17) is 4.74 Å². The molecule has 1 heterocycles. The molecule has 0 fully saturated rings. The highest BCUT2D eigenvalue weighted by molar-refractivity contribution is 9.10. The lowest BCUT2D eigenvalue weighted by atomic mass is 10.1. The van der Waals surface area contributed by atoms with Crippen molar-refractivity contribution in [1.29, 1.82) is 0 Å². The maximum atomic E-state index is 5.93. The normalized spacial score (nSPS) is 18.3. The molecule has 1 atom stereocenters. The van der Waals surface area contributed by atoms with Crippen LogP contribution in [-0.2, 0) is 4.74 Å². The summed E-state index contributed by atoms with van der Waals surface area (Å²) in [4.78, 5) is 4.49. The standard InChI is InChI=1S/C15H12BrNO/c16-13-9-5-4-8-12(13)15-17-10-14(18-15)11-6-2-1-3-7-11/h1-9,14H,10H2. The Balaban J connectivity index is 1.82. The van der Waals surface area contributed by atoms with Crippen molar-refractivity contribution < 1.29 is 4.74 Å². The molecule has 2 nitrogen and oxygen atoms in total. The largest absolute Gasteiger partial charge is 0.467 e. The number of halogens is 1. The fraction of sp³-hybridized carbons (Fsp3) is 0.133. The second-order valence-electron chi connectivity index (χ2n) is 4.14. The average molecular weight is 302 g/mol. The molecule has 2 aromatic rings. The zero-order chi connectivity index (χ0) is 12.4. The number of hydrogen-bond donors (Lipinski definition) is 0. The molecule has 0 spiro atoms. The monoisotopic (exact) mass is 301 g/mol. The summed E-state index contributed by atoms with van der Waals surface area (Å²) in [7, 11) is 0. The molecule has 1 aliphatic rings. The van der Waals surface area contributed by atoms with Crippen LogP contribution >= 0.6 is 15.9 Å². The van der Waals surface area contributed by atoms with Gasteiger partial charge in [-0.1, -0.05) is 42.5 Å². The third-order valence-electron chi connectivity index (χ3n) is 2.93. The fourth-order valence-corrected chi connectivity index (χ4v) is 2.45. The van der Waals surface area contributed by atoms with Crippen molar-refractivity contribution in [1.82, 2.24) is 0 Å². The number of nitrogens with zero attached hydrogens (tertiary/aromatic N) is 1. The van der Waals surface area contributed by atoms with Crippen LogP contribution in [0.15, 0.2) is 64.1 Å². The van der Waals surface area contributed by atoms with Gasteiger partial charge in [0.1, 0.15) is 6.10 Å². The minimum atomic E-state index is 0.0355. The highest BCUT2D eigenvalue weighted by Crippen LogP contribution is 2.27. The van der Waals surface area contributed by atoms with E-state index in [1.54, 1.807) is 0 Å². The van der Waals surface area contributed by atoms with Gasteiger partial charge in [-0.05, 0) is 33.6 Å². The lowest BCUT2D eigenvalue weighted by Crippen LogP contribution is -2.06. The molecule has 3 rings (SSSR count). The number of rotatable bonds is 2. The van der Waals surface area contributed by atoms with Gasteiger partial charge in [0.2, 0.25) is 5.90 Å². The van der Waals surface area contributed by atoms with E-state index in [-0.39, 0.29) is 6.10 Å². The molecule has 0 saturated carbocycles. The molecule has 3 heteroatoms. The fourth-order valence-electron chi connectivity index (χ4n) is 2.00. The highest BCUT2D eigenvalue weighted by atomic mass is 79.9. The molecule has 90 valence electrons. The number of hydrogen-bond acceptors (Lipinski definition) is 2. The Morgan fingerprint density at radius 1 is 1.00 bits per heavy atom. The third-order valence-corrected chi connectivity index (χ3v) is 3.62. The average Bonchev–Trinajstić information content (AvgIpc) is 2.90. The van der Waals surface area contributed by atoms with Crippen LogP contribution in [0.3, 0.4) is 0 Å². The molecule has 18 heavy (non-hydrogen) atoms. The Morgan fingerprint density at radius 2 is 1.72 bits per heavy atom. The molecular weight excluding hydrogens is 290 g/mol. The summed E-state index contributed by atoms with van der Waals surface area (Å²) in [5.41, 5.74) is 2.18. The molecule has 0 N–H and O–H groups in total. The van der Waals surface area contributed by atoms with E-state index in [2.05, 4.69) is 33.1 Å². The maximum absolute atomic E-state index is 5.93. The van der Waals surface area contributed by atoms with Gasteiger partial charge in [0.05, 0.1) is 12.1 Å². The van der Waals surface area contributed by atoms with E-state index in [1.165, 1.54) is 5.56 Å². The van der Waals surface area contributed by atoms with Gasteiger partial charge in [-0.25, -0.2) is 4.99 Å². The summed E-state index contributed by atoms with van der Waals surface area (Å²) in [6.07, 6.45) is 0.0355.